The van der Waals surface area contributed by atoms with Crippen molar-refractivity contribution in [2.75, 3.05) is 33.9 Å². The summed E-state index contributed by atoms with van der Waals surface area (Å²) >= 11 is 0. The molecule has 1 aromatic rings. The number of benzene rings is 1. The Balaban J connectivity index is 1.48. The summed E-state index contributed by atoms with van der Waals surface area (Å²) in [7, 11) is 3.23. The largest absolute Gasteiger partial charge is 0.353 e. The van der Waals surface area contributed by atoms with Gasteiger partial charge in [0.05, 0.1) is 11.1 Å². The van der Waals surface area contributed by atoms with Crippen LogP contribution >= 0.6 is 0 Å². The van der Waals surface area contributed by atoms with Crippen molar-refractivity contribution in [3.63, 3.8) is 0 Å². The molecule has 140 valence electrons. The van der Waals surface area contributed by atoms with Crippen LogP contribution in [-0.4, -0.2) is 67.2 Å². The smallest absolute Gasteiger partial charge is 0.261 e. The number of nitrogens with zero attached hydrogens (tertiary/aromatic N) is 2. The van der Waals surface area contributed by atoms with E-state index in [-0.39, 0.29) is 24.3 Å². The van der Waals surface area contributed by atoms with E-state index in [1.165, 1.54) is 4.90 Å². The van der Waals surface area contributed by atoms with E-state index in [9.17, 15) is 14.4 Å². The minimum atomic E-state index is -0.600. The number of carbonyl (C=O) groups excluding carboxylic acids is 3. The van der Waals surface area contributed by atoms with Crippen LogP contribution < -0.4 is 0 Å². The van der Waals surface area contributed by atoms with Crippen molar-refractivity contribution in [2.24, 2.45) is 0 Å². The summed E-state index contributed by atoms with van der Waals surface area (Å²) in [6.45, 7) is 1.41. The Kier molecular flexibility index (Phi) is 5.38. The van der Waals surface area contributed by atoms with Crippen LogP contribution in [0, 0.1) is 0 Å². The van der Waals surface area contributed by atoms with Gasteiger partial charge in [-0.25, -0.2) is 0 Å². The van der Waals surface area contributed by atoms with Crippen LogP contribution in [0.15, 0.2) is 24.3 Å². The summed E-state index contributed by atoms with van der Waals surface area (Å²) in [4.78, 5) is 40.0. The van der Waals surface area contributed by atoms with Gasteiger partial charge < -0.3 is 14.4 Å². The van der Waals surface area contributed by atoms with Gasteiger partial charge in [-0.1, -0.05) is 12.1 Å². The van der Waals surface area contributed by atoms with E-state index in [1.807, 2.05) is 0 Å². The van der Waals surface area contributed by atoms with E-state index in [2.05, 4.69) is 0 Å². The Hall–Kier alpha value is -2.25. The zero-order valence-corrected chi connectivity index (χ0v) is 15.2. The van der Waals surface area contributed by atoms with E-state index in [1.54, 1.807) is 43.4 Å². The number of amides is 3. The summed E-state index contributed by atoms with van der Waals surface area (Å²) in [5, 5.41) is 0. The van der Waals surface area contributed by atoms with Crippen LogP contribution in [0.25, 0.3) is 0 Å². The number of hydrogen-bond donors (Lipinski definition) is 0. The highest BCUT2D eigenvalue weighted by Gasteiger charge is 2.37. The number of ether oxygens (including phenoxy) is 2. The number of methoxy groups -OCH3 is 2. The lowest BCUT2D eigenvalue weighted by molar-refractivity contribution is -0.228. The molecule has 0 radical (unpaired) electrons. The van der Waals surface area contributed by atoms with Crippen molar-refractivity contribution in [3.05, 3.63) is 35.4 Å². The van der Waals surface area contributed by atoms with E-state index < -0.39 is 5.79 Å². The van der Waals surface area contributed by atoms with Crippen LogP contribution in [0.1, 0.15) is 46.4 Å². The van der Waals surface area contributed by atoms with Gasteiger partial charge in [-0.15, -0.1) is 0 Å². The van der Waals surface area contributed by atoms with Gasteiger partial charge in [0.25, 0.3) is 11.8 Å². The van der Waals surface area contributed by atoms with Gasteiger partial charge in [-0.2, -0.15) is 0 Å². The molecule has 2 aliphatic heterocycles. The van der Waals surface area contributed by atoms with Crippen molar-refractivity contribution in [1.82, 2.24) is 9.80 Å². The molecular formula is C19H24N2O5. The first-order valence-corrected chi connectivity index (χ1v) is 8.84. The molecule has 2 heterocycles. The molecular weight excluding hydrogens is 336 g/mol. The van der Waals surface area contributed by atoms with Gasteiger partial charge >= 0.3 is 0 Å². The molecule has 2 aliphatic rings. The van der Waals surface area contributed by atoms with E-state index >= 15 is 0 Å². The highest BCUT2D eigenvalue weighted by molar-refractivity contribution is 6.21. The van der Waals surface area contributed by atoms with Gasteiger partial charge in [0.2, 0.25) is 5.91 Å². The summed E-state index contributed by atoms with van der Waals surface area (Å²) in [5.74, 6) is -1.12. The summed E-state index contributed by atoms with van der Waals surface area (Å²) in [6.07, 6.45) is 2.02. The molecule has 26 heavy (non-hydrogen) atoms. The Morgan fingerprint density at radius 2 is 1.58 bits per heavy atom. The molecule has 0 bridgehead atoms. The topological polar surface area (TPSA) is 76.2 Å². The molecule has 1 fully saturated rings. The highest BCUT2D eigenvalue weighted by Crippen LogP contribution is 2.27. The number of rotatable bonds is 6. The van der Waals surface area contributed by atoms with Crippen LogP contribution in [0.3, 0.4) is 0 Å². The third-order valence-corrected chi connectivity index (χ3v) is 5.27. The molecule has 0 aromatic heterocycles. The van der Waals surface area contributed by atoms with Crippen molar-refractivity contribution in [3.8, 4) is 0 Å². The highest BCUT2D eigenvalue weighted by atomic mass is 16.7. The van der Waals surface area contributed by atoms with Crippen molar-refractivity contribution < 1.29 is 23.9 Å². The first-order chi connectivity index (χ1) is 12.5. The summed E-state index contributed by atoms with van der Waals surface area (Å²) < 4.78 is 10.8. The number of hydrogen-bond acceptors (Lipinski definition) is 5. The van der Waals surface area contributed by atoms with Gasteiger partial charge in [-0.05, 0) is 18.6 Å². The van der Waals surface area contributed by atoms with E-state index in [4.69, 9.17) is 9.47 Å². The summed E-state index contributed by atoms with van der Waals surface area (Å²) in [6, 6.07) is 6.81. The molecule has 0 saturated carbocycles. The van der Waals surface area contributed by atoms with Gasteiger partial charge in [0.1, 0.15) is 0 Å². The second-order valence-electron chi connectivity index (χ2n) is 6.61. The van der Waals surface area contributed by atoms with Gasteiger partial charge in [0, 0.05) is 53.1 Å². The Morgan fingerprint density at radius 3 is 2.08 bits per heavy atom. The average Bonchev–Trinajstić information content (AvgIpc) is 2.93. The zero-order valence-electron chi connectivity index (χ0n) is 15.2. The molecule has 1 aromatic carbocycles. The SMILES string of the molecule is COC1(OC)CCN(C(=O)CCCN2C(=O)c3ccccc3C2=O)CC1. The molecule has 7 heteroatoms. The number of fused-ring (bicyclic) bond motifs is 1. The third-order valence-electron chi connectivity index (χ3n) is 5.27. The van der Waals surface area contributed by atoms with Crippen LogP contribution in [0.2, 0.25) is 0 Å². The Bertz CT molecular complexity index is 669. The fourth-order valence-corrected chi connectivity index (χ4v) is 3.58. The fourth-order valence-electron chi connectivity index (χ4n) is 3.58. The molecule has 0 aliphatic carbocycles. The molecule has 0 atom stereocenters. The van der Waals surface area contributed by atoms with Gasteiger partial charge in [0.15, 0.2) is 5.79 Å². The Morgan fingerprint density at radius 1 is 1.04 bits per heavy atom. The molecule has 0 unspecified atom stereocenters. The lowest BCUT2D eigenvalue weighted by Crippen LogP contribution is -2.48. The standard InChI is InChI=1S/C19H24N2O5/c1-25-19(26-2)9-12-20(13-10-19)16(22)8-5-11-21-17(23)14-6-3-4-7-15(14)18(21)24/h3-4,6-7H,5,8-13H2,1-2H3. The predicted octanol–water partition coefficient (Wildman–Crippen LogP) is 1.67. The molecule has 7 nitrogen and oxygen atoms in total. The predicted molar refractivity (Wildman–Crippen MR) is 93.6 cm³/mol. The third kappa shape index (κ3) is 3.37. The normalized spacial score (nSPS) is 19.0. The minimum Gasteiger partial charge on any atom is -0.353 e. The van der Waals surface area contributed by atoms with Crippen molar-refractivity contribution >= 4 is 17.7 Å². The molecule has 1 saturated heterocycles. The average molecular weight is 360 g/mol. The Labute approximate surface area is 152 Å². The first-order valence-electron chi connectivity index (χ1n) is 8.84. The monoisotopic (exact) mass is 360 g/mol. The number of likely N-dealkylation sites (tertiary alicyclic amines) is 1. The second-order valence-corrected chi connectivity index (χ2v) is 6.61. The van der Waals surface area contributed by atoms with Crippen molar-refractivity contribution in [2.45, 2.75) is 31.5 Å². The van der Waals surface area contributed by atoms with E-state index in [0.29, 0.717) is 49.9 Å². The van der Waals surface area contributed by atoms with Crippen molar-refractivity contribution in [1.29, 1.82) is 0 Å². The fraction of sp³-hybridized carbons (Fsp3) is 0.526. The van der Waals surface area contributed by atoms with E-state index in [0.717, 1.165) is 0 Å². The molecule has 3 amide bonds. The number of imide groups is 1. The second kappa shape index (κ2) is 7.55. The number of carbonyl (C=O) groups is 3. The maximum atomic E-state index is 12.4. The minimum absolute atomic E-state index is 0.0300. The van der Waals surface area contributed by atoms with Crippen LogP contribution in [0.5, 0.6) is 0 Å². The first kappa shape index (κ1) is 18.5. The lowest BCUT2D eigenvalue weighted by Gasteiger charge is -2.39. The number of piperidine rings is 1. The molecule has 3 rings (SSSR count). The van der Waals surface area contributed by atoms with Crippen LogP contribution in [0.4, 0.5) is 0 Å². The summed E-state index contributed by atoms with van der Waals surface area (Å²) in [5.41, 5.74) is 0.880. The maximum Gasteiger partial charge on any atom is 0.261 e. The van der Waals surface area contributed by atoms with Crippen LogP contribution in [-0.2, 0) is 14.3 Å². The zero-order chi connectivity index (χ0) is 18.7. The molecule has 0 N–H and O–H groups in total. The van der Waals surface area contributed by atoms with Gasteiger partial charge in [-0.3, -0.25) is 19.3 Å². The molecule has 0 spiro atoms. The quantitative estimate of drug-likeness (QED) is 0.570. The maximum absolute atomic E-state index is 12.4. The lowest BCUT2D eigenvalue weighted by atomic mass is 10.0.